The molecule has 0 aliphatic carbocycles. The van der Waals surface area contributed by atoms with Crippen LogP contribution >= 0.6 is 0 Å². The van der Waals surface area contributed by atoms with Gasteiger partial charge in [-0.05, 0) is 25.1 Å². The first kappa shape index (κ1) is 14.5. The summed E-state index contributed by atoms with van der Waals surface area (Å²) in [6.45, 7) is 6.30. The van der Waals surface area contributed by atoms with Crippen molar-refractivity contribution in [1.29, 1.82) is 0 Å². The molecule has 1 aromatic carbocycles. The predicted molar refractivity (Wildman–Crippen MR) is 75.9 cm³/mol. The van der Waals surface area contributed by atoms with Gasteiger partial charge in [0, 0.05) is 26.3 Å². The van der Waals surface area contributed by atoms with Crippen molar-refractivity contribution in [2.75, 3.05) is 32.1 Å². The van der Waals surface area contributed by atoms with Crippen molar-refractivity contribution in [3.8, 4) is 0 Å². The highest BCUT2D eigenvalue weighted by molar-refractivity contribution is 5.81. The zero-order valence-electron chi connectivity index (χ0n) is 11.7. The van der Waals surface area contributed by atoms with E-state index in [0.29, 0.717) is 6.54 Å². The van der Waals surface area contributed by atoms with Crippen molar-refractivity contribution in [3.05, 3.63) is 29.3 Å². The minimum Gasteiger partial charge on any atom is -0.365 e. The molecular formula is C14H23N3O. The minimum atomic E-state index is 0.0208. The number of carbonyl (C=O) groups excluding carboxylic acids is 1. The van der Waals surface area contributed by atoms with Crippen LogP contribution in [0.1, 0.15) is 18.1 Å². The van der Waals surface area contributed by atoms with Crippen molar-refractivity contribution >= 4 is 11.6 Å². The first-order valence-electron chi connectivity index (χ1n) is 6.30. The van der Waals surface area contributed by atoms with Gasteiger partial charge in [0.15, 0.2) is 0 Å². The third kappa shape index (κ3) is 4.04. The fraction of sp³-hybridized carbons (Fsp3) is 0.500. The molecule has 100 valence electrons. The molecule has 1 rings (SSSR count). The second-order valence-electron chi connectivity index (χ2n) is 4.44. The largest absolute Gasteiger partial charge is 0.365 e. The molecule has 0 unspecified atom stereocenters. The molecule has 1 amide bonds. The van der Waals surface area contributed by atoms with E-state index in [1.165, 1.54) is 11.1 Å². The van der Waals surface area contributed by atoms with Crippen molar-refractivity contribution in [1.82, 2.24) is 10.6 Å². The van der Waals surface area contributed by atoms with E-state index in [4.69, 9.17) is 0 Å². The van der Waals surface area contributed by atoms with Crippen molar-refractivity contribution in [2.45, 2.75) is 20.4 Å². The van der Waals surface area contributed by atoms with Crippen LogP contribution in [-0.4, -0.2) is 33.1 Å². The number of nitrogens with zero attached hydrogens (tertiary/aromatic N) is 1. The number of carbonyl (C=O) groups is 1. The van der Waals surface area contributed by atoms with Gasteiger partial charge in [-0.1, -0.05) is 24.6 Å². The number of nitrogens with one attached hydrogen (secondary N) is 2. The topological polar surface area (TPSA) is 44.4 Å². The van der Waals surface area contributed by atoms with Crippen molar-refractivity contribution < 1.29 is 4.79 Å². The number of amides is 1. The molecule has 4 nitrogen and oxygen atoms in total. The van der Waals surface area contributed by atoms with E-state index in [2.05, 4.69) is 42.7 Å². The summed E-state index contributed by atoms with van der Waals surface area (Å²) >= 11 is 0. The fourth-order valence-corrected chi connectivity index (χ4v) is 1.87. The lowest BCUT2D eigenvalue weighted by Crippen LogP contribution is -2.33. The molecule has 0 atom stereocenters. The Balaban J connectivity index is 2.88. The Morgan fingerprint density at radius 1 is 1.39 bits per heavy atom. The van der Waals surface area contributed by atoms with Crippen molar-refractivity contribution in [3.63, 3.8) is 0 Å². The molecule has 0 heterocycles. The second-order valence-corrected chi connectivity index (χ2v) is 4.44. The van der Waals surface area contributed by atoms with E-state index < -0.39 is 0 Å². The predicted octanol–water partition coefficient (Wildman–Crippen LogP) is 1.29. The molecule has 18 heavy (non-hydrogen) atoms. The molecule has 0 saturated carbocycles. The Morgan fingerprint density at radius 2 is 2.11 bits per heavy atom. The number of benzene rings is 1. The third-order valence-corrected chi connectivity index (χ3v) is 2.87. The molecule has 0 spiro atoms. The Morgan fingerprint density at radius 3 is 2.72 bits per heavy atom. The van der Waals surface area contributed by atoms with Crippen LogP contribution in [0, 0.1) is 6.92 Å². The molecule has 0 bridgehead atoms. The summed E-state index contributed by atoms with van der Waals surface area (Å²) in [5, 5.41) is 5.97. The van der Waals surface area contributed by atoms with Crippen LogP contribution in [0.4, 0.5) is 5.69 Å². The van der Waals surface area contributed by atoms with Gasteiger partial charge in [-0.25, -0.2) is 0 Å². The number of aryl methyl sites for hydroxylation is 1. The van der Waals surface area contributed by atoms with Gasteiger partial charge < -0.3 is 15.5 Å². The Hall–Kier alpha value is -1.55. The van der Waals surface area contributed by atoms with Gasteiger partial charge in [-0.15, -0.1) is 0 Å². The summed E-state index contributed by atoms with van der Waals surface area (Å²) in [5.74, 6) is 0.0208. The summed E-state index contributed by atoms with van der Waals surface area (Å²) in [5.41, 5.74) is 3.56. The van der Waals surface area contributed by atoms with Gasteiger partial charge >= 0.3 is 0 Å². The quantitative estimate of drug-likeness (QED) is 0.798. The van der Waals surface area contributed by atoms with Gasteiger partial charge in [-0.2, -0.15) is 0 Å². The maximum Gasteiger partial charge on any atom is 0.239 e. The molecule has 0 aliphatic rings. The SMILES string of the molecule is CCNCc1cc(C)ccc1N(C)CC(=O)NC. The summed E-state index contributed by atoms with van der Waals surface area (Å²) in [4.78, 5) is 13.4. The number of anilines is 1. The molecular weight excluding hydrogens is 226 g/mol. The molecule has 4 heteroatoms. The monoisotopic (exact) mass is 249 g/mol. The van der Waals surface area contributed by atoms with Crippen molar-refractivity contribution in [2.24, 2.45) is 0 Å². The van der Waals surface area contributed by atoms with Gasteiger partial charge in [0.1, 0.15) is 0 Å². The van der Waals surface area contributed by atoms with E-state index in [-0.39, 0.29) is 5.91 Å². The molecule has 0 saturated heterocycles. The molecule has 0 radical (unpaired) electrons. The van der Waals surface area contributed by atoms with Gasteiger partial charge in [-0.3, -0.25) is 4.79 Å². The molecule has 0 aliphatic heterocycles. The summed E-state index contributed by atoms with van der Waals surface area (Å²) in [7, 11) is 3.60. The van der Waals surface area contributed by atoms with Gasteiger partial charge in [0.05, 0.1) is 6.54 Å². The minimum absolute atomic E-state index is 0.0208. The summed E-state index contributed by atoms with van der Waals surface area (Å²) < 4.78 is 0. The van der Waals surface area contributed by atoms with Crippen LogP contribution in [0.2, 0.25) is 0 Å². The average molecular weight is 249 g/mol. The molecule has 0 fully saturated rings. The smallest absolute Gasteiger partial charge is 0.239 e. The first-order valence-corrected chi connectivity index (χ1v) is 6.30. The Labute approximate surface area is 109 Å². The lowest BCUT2D eigenvalue weighted by atomic mass is 10.1. The maximum absolute atomic E-state index is 11.4. The van der Waals surface area contributed by atoms with E-state index >= 15 is 0 Å². The standard InChI is InChI=1S/C14H23N3O/c1-5-16-9-12-8-11(2)6-7-13(12)17(4)10-14(18)15-3/h6-8,16H,5,9-10H2,1-4H3,(H,15,18). The van der Waals surface area contributed by atoms with Crippen LogP contribution in [0.5, 0.6) is 0 Å². The molecule has 0 aromatic heterocycles. The lowest BCUT2D eigenvalue weighted by molar-refractivity contribution is -0.119. The molecule has 2 N–H and O–H groups in total. The zero-order valence-corrected chi connectivity index (χ0v) is 11.7. The average Bonchev–Trinajstić information content (AvgIpc) is 2.36. The second kappa shape index (κ2) is 7.01. The Kier molecular flexibility index (Phi) is 5.65. The fourth-order valence-electron chi connectivity index (χ4n) is 1.87. The van der Waals surface area contributed by atoms with Crippen LogP contribution in [-0.2, 0) is 11.3 Å². The number of hydrogen-bond donors (Lipinski definition) is 2. The Bertz CT molecular complexity index is 404. The highest BCUT2D eigenvalue weighted by Crippen LogP contribution is 2.20. The van der Waals surface area contributed by atoms with E-state index in [1.54, 1.807) is 7.05 Å². The van der Waals surface area contributed by atoms with Crippen LogP contribution < -0.4 is 15.5 Å². The number of hydrogen-bond acceptors (Lipinski definition) is 3. The normalized spacial score (nSPS) is 10.2. The summed E-state index contributed by atoms with van der Waals surface area (Å²) in [6, 6.07) is 6.31. The first-order chi connectivity index (χ1) is 8.58. The van der Waals surface area contributed by atoms with Gasteiger partial charge in [0.25, 0.3) is 0 Å². The lowest BCUT2D eigenvalue weighted by Gasteiger charge is -2.22. The van der Waals surface area contributed by atoms with E-state index in [0.717, 1.165) is 18.8 Å². The summed E-state index contributed by atoms with van der Waals surface area (Å²) in [6.07, 6.45) is 0. The van der Waals surface area contributed by atoms with Crippen LogP contribution in [0.25, 0.3) is 0 Å². The number of rotatable bonds is 6. The third-order valence-electron chi connectivity index (χ3n) is 2.87. The van der Waals surface area contributed by atoms with Crippen LogP contribution in [0.15, 0.2) is 18.2 Å². The van der Waals surface area contributed by atoms with E-state index in [9.17, 15) is 4.79 Å². The molecule has 1 aromatic rings. The van der Waals surface area contributed by atoms with Gasteiger partial charge in [0.2, 0.25) is 5.91 Å². The number of likely N-dealkylation sites (N-methyl/N-ethyl adjacent to an activating group) is 2. The highest BCUT2D eigenvalue weighted by atomic mass is 16.1. The highest BCUT2D eigenvalue weighted by Gasteiger charge is 2.10. The van der Waals surface area contributed by atoms with E-state index in [1.807, 2.05) is 11.9 Å². The maximum atomic E-state index is 11.4. The van der Waals surface area contributed by atoms with Crippen LogP contribution in [0.3, 0.4) is 0 Å². The zero-order chi connectivity index (χ0) is 13.5.